The zero-order chi connectivity index (χ0) is 19.3. The molecule has 0 atom stereocenters. The lowest BCUT2D eigenvalue weighted by atomic mass is 10.0. The van der Waals surface area contributed by atoms with Crippen molar-refractivity contribution in [1.82, 2.24) is 0 Å². The van der Waals surface area contributed by atoms with Crippen LogP contribution in [0.1, 0.15) is 67.7 Å². The van der Waals surface area contributed by atoms with Crippen LogP contribution in [-0.2, 0) is 10.7 Å². The summed E-state index contributed by atoms with van der Waals surface area (Å²) in [6, 6.07) is 15.0. The predicted molar refractivity (Wildman–Crippen MR) is 126 cm³/mol. The number of rotatable bonds is 12. The second-order valence-corrected chi connectivity index (χ2v) is 7.94. The van der Waals surface area contributed by atoms with Crippen LogP contribution in [0.15, 0.2) is 42.5 Å². The predicted octanol–water partition coefficient (Wildman–Crippen LogP) is 8.39. The van der Waals surface area contributed by atoms with Crippen LogP contribution in [0, 0.1) is 0 Å². The molecule has 0 aliphatic heterocycles. The summed E-state index contributed by atoms with van der Waals surface area (Å²) in [4.78, 5) is 0. The molecule has 146 valence electrons. The summed E-state index contributed by atoms with van der Waals surface area (Å²) < 4.78 is 5.86. The number of alkyl halides is 2. The van der Waals surface area contributed by atoms with Gasteiger partial charge in [-0.1, -0.05) is 113 Å². The molecule has 0 aromatic heterocycles. The lowest BCUT2D eigenvalue weighted by Gasteiger charge is -2.07. The fourth-order valence-corrected chi connectivity index (χ4v) is 3.80. The van der Waals surface area contributed by atoms with E-state index >= 15 is 0 Å². The third-order valence-electron chi connectivity index (χ3n) is 4.61. The molecule has 0 aliphatic rings. The average molecular weight is 494 g/mol. The summed E-state index contributed by atoms with van der Waals surface area (Å²) in [7, 11) is 0. The molecule has 2 rings (SSSR count). The minimum absolute atomic E-state index is 0.815. The molecule has 0 N–H and O–H groups in total. The molecular formula is C24H30Br2O. The van der Waals surface area contributed by atoms with Gasteiger partial charge in [-0.15, -0.1) is 0 Å². The van der Waals surface area contributed by atoms with E-state index in [1.165, 1.54) is 54.4 Å². The highest BCUT2D eigenvalue weighted by Gasteiger charge is 2.00. The Hall–Kier alpha value is -1.06. The van der Waals surface area contributed by atoms with E-state index in [2.05, 4.69) is 93.4 Å². The van der Waals surface area contributed by atoms with Gasteiger partial charge in [-0.05, 0) is 40.8 Å². The summed E-state index contributed by atoms with van der Waals surface area (Å²) in [6.07, 6.45) is 12.1. The minimum atomic E-state index is 0.815. The van der Waals surface area contributed by atoms with Crippen LogP contribution in [0.4, 0.5) is 0 Å². The molecule has 0 fully saturated rings. The normalized spacial score (nSPS) is 11.2. The summed E-state index contributed by atoms with van der Waals surface area (Å²) in [5.74, 6) is 0.961. The monoisotopic (exact) mass is 492 g/mol. The van der Waals surface area contributed by atoms with Crippen LogP contribution >= 0.6 is 31.9 Å². The Kier molecular flexibility index (Phi) is 10.8. The lowest BCUT2D eigenvalue weighted by Crippen LogP contribution is -1.97. The van der Waals surface area contributed by atoms with E-state index in [0.29, 0.717) is 0 Å². The molecule has 1 nitrogen and oxygen atoms in total. The molecule has 0 radical (unpaired) electrons. The van der Waals surface area contributed by atoms with Crippen molar-refractivity contribution in [3.8, 4) is 5.75 Å². The molecule has 2 aromatic carbocycles. The van der Waals surface area contributed by atoms with Gasteiger partial charge in [0.1, 0.15) is 5.75 Å². The van der Waals surface area contributed by atoms with Crippen molar-refractivity contribution in [2.24, 2.45) is 0 Å². The van der Waals surface area contributed by atoms with E-state index in [1.54, 1.807) is 0 Å². The zero-order valence-corrected chi connectivity index (χ0v) is 19.4. The molecule has 0 saturated heterocycles. The molecule has 0 heterocycles. The first kappa shape index (κ1) is 22.2. The maximum absolute atomic E-state index is 5.86. The van der Waals surface area contributed by atoms with Crippen molar-refractivity contribution < 1.29 is 4.74 Å². The van der Waals surface area contributed by atoms with Gasteiger partial charge in [0, 0.05) is 10.7 Å². The van der Waals surface area contributed by atoms with Crippen LogP contribution in [-0.4, -0.2) is 6.61 Å². The molecule has 0 bridgehead atoms. The number of ether oxygens (including phenoxy) is 1. The lowest BCUT2D eigenvalue weighted by molar-refractivity contribution is 0.304. The SMILES string of the molecule is CCCCCCCCOc1ccc(C=Cc2cc(CBr)ccc2CBr)cc1. The van der Waals surface area contributed by atoms with Crippen molar-refractivity contribution in [3.63, 3.8) is 0 Å². The highest BCUT2D eigenvalue weighted by Crippen LogP contribution is 2.21. The van der Waals surface area contributed by atoms with Crippen LogP contribution in [0.3, 0.4) is 0 Å². The van der Waals surface area contributed by atoms with E-state index in [0.717, 1.165) is 29.4 Å². The standard InChI is InChI=1S/C24H30Br2O/c1-2-3-4-5-6-7-16-27-24-14-10-20(11-15-24)8-12-22-17-21(18-25)9-13-23(22)19-26/h8-15,17H,2-7,16,18-19H2,1H3. The van der Waals surface area contributed by atoms with Gasteiger partial charge in [0.2, 0.25) is 0 Å². The van der Waals surface area contributed by atoms with Gasteiger partial charge in [-0.3, -0.25) is 0 Å². The Balaban J connectivity index is 1.84. The quantitative estimate of drug-likeness (QED) is 0.164. The van der Waals surface area contributed by atoms with Crippen LogP contribution in [0.25, 0.3) is 12.2 Å². The zero-order valence-electron chi connectivity index (χ0n) is 16.2. The molecule has 0 unspecified atom stereocenters. The summed E-state index contributed by atoms with van der Waals surface area (Å²) in [5.41, 5.74) is 5.03. The summed E-state index contributed by atoms with van der Waals surface area (Å²) in [5, 5.41) is 1.74. The molecular weight excluding hydrogens is 464 g/mol. The van der Waals surface area contributed by atoms with E-state index < -0.39 is 0 Å². The van der Waals surface area contributed by atoms with Gasteiger partial charge in [-0.2, -0.15) is 0 Å². The number of hydrogen-bond donors (Lipinski definition) is 0. The molecule has 3 heteroatoms. The number of benzene rings is 2. The molecule has 0 aliphatic carbocycles. The minimum Gasteiger partial charge on any atom is -0.494 e. The first-order valence-electron chi connectivity index (χ1n) is 9.91. The van der Waals surface area contributed by atoms with Crippen LogP contribution in [0.2, 0.25) is 0 Å². The van der Waals surface area contributed by atoms with Crippen LogP contribution in [0.5, 0.6) is 5.75 Å². The fourth-order valence-electron chi connectivity index (χ4n) is 2.94. The number of halogens is 2. The van der Waals surface area contributed by atoms with E-state index in [-0.39, 0.29) is 0 Å². The molecule has 0 spiro atoms. The smallest absolute Gasteiger partial charge is 0.119 e. The van der Waals surface area contributed by atoms with E-state index in [4.69, 9.17) is 4.74 Å². The van der Waals surface area contributed by atoms with Crippen molar-refractivity contribution >= 4 is 44.0 Å². The molecule has 0 saturated carbocycles. The first-order chi connectivity index (χ1) is 13.3. The van der Waals surface area contributed by atoms with Gasteiger partial charge in [-0.25, -0.2) is 0 Å². The Morgan fingerprint density at radius 1 is 0.815 bits per heavy atom. The highest BCUT2D eigenvalue weighted by atomic mass is 79.9. The van der Waals surface area contributed by atoms with Gasteiger partial charge >= 0.3 is 0 Å². The highest BCUT2D eigenvalue weighted by molar-refractivity contribution is 9.08. The van der Waals surface area contributed by atoms with E-state index in [1.807, 2.05) is 0 Å². The fraction of sp³-hybridized carbons (Fsp3) is 0.417. The van der Waals surface area contributed by atoms with Gasteiger partial charge < -0.3 is 4.74 Å². The Labute approximate surface area is 181 Å². The Bertz CT molecular complexity index is 692. The molecule has 27 heavy (non-hydrogen) atoms. The Morgan fingerprint density at radius 3 is 2.26 bits per heavy atom. The van der Waals surface area contributed by atoms with Crippen molar-refractivity contribution in [3.05, 3.63) is 64.7 Å². The maximum atomic E-state index is 5.86. The van der Waals surface area contributed by atoms with Crippen molar-refractivity contribution in [2.75, 3.05) is 6.61 Å². The molecule has 2 aromatic rings. The first-order valence-corrected chi connectivity index (χ1v) is 12.2. The third-order valence-corrected chi connectivity index (χ3v) is 5.86. The van der Waals surface area contributed by atoms with Crippen LogP contribution < -0.4 is 4.74 Å². The van der Waals surface area contributed by atoms with Crippen molar-refractivity contribution in [2.45, 2.75) is 56.1 Å². The maximum Gasteiger partial charge on any atom is 0.119 e. The Morgan fingerprint density at radius 2 is 1.56 bits per heavy atom. The summed E-state index contributed by atoms with van der Waals surface area (Å²) in [6.45, 7) is 3.07. The van der Waals surface area contributed by atoms with Gasteiger partial charge in [0.25, 0.3) is 0 Å². The largest absolute Gasteiger partial charge is 0.494 e. The van der Waals surface area contributed by atoms with Crippen molar-refractivity contribution in [1.29, 1.82) is 0 Å². The van der Waals surface area contributed by atoms with Gasteiger partial charge in [0.15, 0.2) is 0 Å². The summed E-state index contributed by atoms with van der Waals surface area (Å²) >= 11 is 7.11. The number of hydrogen-bond acceptors (Lipinski definition) is 1. The second kappa shape index (κ2) is 13.2. The third kappa shape index (κ3) is 8.23. The second-order valence-electron chi connectivity index (χ2n) is 6.82. The number of unbranched alkanes of at least 4 members (excludes halogenated alkanes) is 5. The van der Waals surface area contributed by atoms with Gasteiger partial charge in [0.05, 0.1) is 6.61 Å². The van der Waals surface area contributed by atoms with E-state index in [9.17, 15) is 0 Å². The topological polar surface area (TPSA) is 9.23 Å². The average Bonchev–Trinajstić information content (AvgIpc) is 2.72. The molecule has 0 amide bonds.